The molecule has 0 aliphatic rings. The molecule has 2 aromatic carbocycles. The normalized spacial score (nSPS) is 11.7. The molecule has 0 fully saturated rings. The molecule has 0 aliphatic carbocycles. The largest absolute Gasteiger partial charge is 0.483 e. The number of amides is 1. The predicted octanol–water partition coefficient (Wildman–Crippen LogP) is 4.67. The van der Waals surface area contributed by atoms with Gasteiger partial charge >= 0.3 is 0 Å². The van der Waals surface area contributed by atoms with Crippen LogP contribution in [-0.4, -0.2) is 33.0 Å². The van der Waals surface area contributed by atoms with Gasteiger partial charge in [0.05, 0.1) is 5.75 Å². The Bertz CT molecular complexity index is 1050. The van der Waals surface area contributed by atoms with Crippen molar-refractivity contribution in [2.45, 2.75) is 45.0 Å². The molecule has 0 bridgehead atoms. The Morgan fingerprint density at radius 3 is 2.69 bits per heavy atom. The third-order valence-corrected chi connectivity index (χ3v) is 6.09. The Labute approximate surface area is 194 Å². The molecule has 7 heteroatoms. The zero-order chi connectivity index (χ0) is 22.9. The summed E-state index contributed by atoms with van der Waals surface area (Å²) < 4.78 is 8.06. The van der Waals surface area contributed by atoms with Crippen LogP contribution >= 0.6 is 11.8 Å². The van der Waals surface area contributed by atoms with Gasteiger partial charge in [0.1, 0.15) is 5.75 Å². The number of allylic oxidation sites excluding steroid dienone is 1. The van der Waals surface area contributed by atoms with Crippen molar-refractivity contribution in [1.29, 1.82) is 0 Å². The van der Waals surface area contributed by atoms with Gasteiger partial charge in [-0.1, -0.05) is 54.2 Å². The number of nitrogens with zero attached hydrogens (tertiary/aromatic N) is 3. The molecule has 1 unspecified atom stereocenters. The van der Waals surface area contributed by atoms with Gasteiger partial charge in [0.2, 0.25) is 5.91 Å². The number of hydrogen-bond donors (Lipinski definition) is 1. The fourth-order valence-electron chi connectivity index (χ4n) is 3.22. The number of aryl methyl sites for hydroxylation is 2. The van der Waals surface area contributed by atoms with E-state index in [2.05, 4.69) is 48.1 Å². The van der Waals surface area contributed by atoms with Crippen LogP contribution in [0.4, 0.5) is 0 Å². The molecule has 1 heterocycles. The molecule has 0 radical (unpaired) electrons. The molecule has 0 aliphatic heterocycles. The van der Waals surface area contributed by atoms with E-state index in [4.69, 9.17) is 4.74 Å². The first-order chi connectivity index (χ1) is 15.5. The molecular weight excluding hydrogens is 420 g/mol. The molecule has 6 nitrogen and oxygen atoms in total. The monoisotopic (exact) mass is 450 g/mol. The van der Waals surface area contributed by atoms with Crippen LogP contribution in [0.5, 0.6) is 5.75 Å². The highest BCUT2D eigenvalue weighted by atomic mass is 32.2. The van der Waals surface area contributed by atoms with Crippen LogP contribution in [0.15, 0.2) is 66.3 Å². The van der Waals surface area contributed by atoms with E-state index < -0.39 is 0 Å². The number of nitrogens with one attached hydrogen (secondary N) is 1. The van der Waals surface area contributed by atoms with Crippen LogP contribution in [0.3, 0.4) is 0 Å². The van der Waals surface area contributed by atoms with Crippen LogP contribution in [0, 0.1) is 13.8 Å². The highest BCUT2D eigenvalue weighted by Gasteiger charge is 2.20. The van der Waals surface area contributed by atoms with E-state index in [1.165, 1.54) is 28.5 Å². The number of hydrogen-bond acceptors (Lipinski definition) is 5. The molecule has 3 aromatic rings. The van der Waals surface area contributed by atoms with Crippen LogP contribution in [0.2, 0.25) is 0 Å². The van der Waals surface area contributed by atoms with E-state index in [1.807, 2.05) is 47.9 Å². The Hall–Kier alpha value is -3.06. The predicted molar refractivity (Wildman–Crippen MR) is 129 cm³/mol. The van der Waals surface area contributed by atoms with Gasteiger partial charge in [0.25, 0.3) is 0 Å². The summed E-state index contributed by atoms with van der Waals surface area (Å²) in [4.78, 5) is 12.3. The number of ether oxygens (including phenoxy) is 1. The van der Waals surface area contributed by atoms with Crippen molar-refractivity contribution >= 4 is 17.7 Å². The van der Waals surface area contributed by atoms with Crippen LogP contribution in [0.1, 0.15) is 35.5 Å². The van der Waals surface area contributed by atoms with Crippen LogP contribution in [-0.2, 0) is 17.8 Å². The molecule has 0 saturated heterocycles. The Kier molecular flexibility index (Phi) is 8.50. The maximum Gasteiger partial charge on any atom is 0.230 e. The number of rotatable bonds is 11. The van der Waals surface area contributed by atoms with E-state index in [-0.39, 0.29) is 17.8 Å². The highest BCUT2D eigenvalue weighted by molar-refractivity contribution is 7.99. The lowest BCUT2D eigenvalue weighted by molar-refractivity contribution is -0.118. The zero-order valence-corrected chi connectivity index (χ0v) is 19.7. The summed E-state index contributed by atoms with van der Waals surface area (Å²) in [7, 11) is 0. The van der Waals surface area contributed by atoms with Crippen molar-refractivity contribution in [1.82, 2.24) is 20.1 Å². The average molecular weight is 451 g/mol. The second-order valence-corrected chi connectivity index (χ2v) is 8.56. The molecule has 3 rings (SSSR count). The number of thioether (sulfide) groups is 1. The Morgan fingerprint density at radius 2 is 1.97 bits per heavy atom. The fourth-order valence-corrected chi connectivity index (χ4v) is 4.01. The Balaban J connectivity index is 1.57. The average Bonchev–Trinajstić information content (AvgIpc) is 3.18. The molecule has 168 valence electrons. The van der Waals surface area contributed by atoms with Gasteiger partial charge in [-0.15, -0.1) is 16.8 Å². The maximum atomic E-state index is 12.3. The summed E-state index contributed by atoms with van der Waals surface area (Å²) in [6, 6.07) is 16.1. The lowest BCUT2D eigenvalue weighted by Crippen LogP contribution is -2.27. The van der Waals surface area contributed by atoms with E-state index in [9.17, 15) is 4.79 Å². The van der Waals surface area contributed by atoms with Crippen molar-refractivity contribution in [3.63, 3.8) is 0 Å². The zero-order valence-electron chi connectivity index (χ0n) is 18.9. The van der Waals surface area contributed by atoms with Gasteiger partial charge in [-0.3, -0.25) is 9.36 Å². The topological polar surface area (TPSA) is 69.0 Å². The molecule has 1 atom stereocenters. The number of benzene rings is 2. The van der Waals surface area contributed by atoms with Crippen molar-refractivity contribution in [3.8, 4) is 5.75 Å². The SMILES string of the molecule is C=CCn1c(SCC(=O)NCCc2ccccc2)nnc1C(C)Oc1ccc(C)c(C)c1. The van der Waals surface area contributed by atoms with Crippen molar-refractivity contribution in [3.05, 3.63) is 83.7 Å². The molecule has 0 saturated carbocycles. The van der Waals surface area contributed by atoms with Gasteiger partial charge in [0, 0.05) is 13.1 Å². The first-order valence-electron chi connectivity index (χ1n) is 10.7. The van der Waals surface area contributed by atoms with Gasteiger partial charge in [-0.25, -0.2) is 0 Å². The Morgan fingerprint density at radius 1 is 1.19 bits per heavy atom. The number of carbonyl (C=O) groups excluding carboxylic acids is 1. The number of carbonyl (C=O) groups is 1. The summed E-state index contributed by atoms with van der Waals surface area (Å²) in [5.41, 5.74) is 3.60. The number of aromatic nitrogens is 3. The second-order valence-electron chi connectivity index (χ2n) is 7.62. The van der Waals surface area contributed by atoms with Crippen molar-refractivity contribution < 1.29 is 9.53 Å². The first kappa shape index (κ1) is 23.6. The minimum atomic E-state index is -0.293. The van der Waals surface area contributed by atoms with E-state index in [0.29, 0.717) is 24.1 Å². The molecular formula is C25H30N4O2S. The fraction of sp³-hybridized carbons (Fsp3) is 0.320. The smallest absolute Gasteiger partial charge is 0.230 e. The standard InChI is InChI=1S/C25H30N4O2S/c1-5-15-29-24(20(4)31-22-12-11-18(2)19(3)16-22)27-28-25(29)32-17-23(30)26-14-13-21-9-7-6-8-10-21/h5-12,16,20H,1,13-15,17H2,2-4H3,(H,26,30). The van der Waals surface area contributed by atoms with E-state index in [1.54, 1.807) is 6.08 Å². The molecule has 1 N–H and O–H groups in total. The van der Waals surface area contributed by atoms with E-state index >= 15 is 0 Å². The molecule has 1 amide bonds. The first-order valence-corrected chi connectivity index (χ1v) is 11.7. The highest BCUT2D eigenvalue weighted by Crippen LogP contribution is 2.26. The third kappa shape index (κ3) is 6.47. The lowest BCUT2D eigenvalue weighted by atomic mass is 10.1. The summed E-state index contributed by atoms with van der Waals surface area (Å²) >= 11 is 1.36. The lowest BCUT2D eigenvalue weighted by Gasteiger charge is -2.16. The maximum absolute atomic E-state index is 12.3. The van der Waals surface area contributed by atoms with E-state index in [0.717, 1.165) is 12.2 Å². The molecule has 32 heavy (non-hydrogen) atoms. The van der Waals surface area contributed by atoms with Gasteiger partial charge in [-0.05, 0) is 56.0 Å². The summed E-state index contributed by atoms with van der Waals surface area (Å²) in [5.74, 6) is 1.74. The van der Waals surface area contributed by atoms with Crippen molar-refractivity contribution in [2.24, 2.45) is 0 Å². The minimum absolute atomic E-state index is 0.0277. The van der Waals surface area contributed by atoms with Gasteiger partial charge in [0.15, 0.2) is 17.1 Å². The summed E-state index contributed by atoms with van der Waals surface area (Å²) in [6.45, 7) is 11.1. The van der Waals surface area contributed by atoms with Gasteiger partial charge < -0.3 is 10.1 Å². The molecule has 0 spiro atoms. The third-order valence-electron chi connectivity index (χ3n) is 5.12. The van der Waals surface area contributed by atoms with Crippen LogP contribution in [0.25, 0.3) is 0 Å². The minimum Gasteiger partial charge on any atom is -0.483 e. The summed E-state index contributed by atoms with van der Waals surface area (Å²) in [5, 5.41) is 12.3. The quantitative estimate of drug-likeness (QED) is 0.340. The van der Waals surface area contributed by atoms with Crippen LogP contribution < -0.4 is 10.1 Å². The molecule has 1 aromatic heterocycles. The second kappa shape index (κ2) is 11.5. The van der Waals surface area contributed by atoms with Gasteiger partial charge in [-0.2, -0.15) is 0 Å². The summed E-state index contributed by atoms with van der Waals surface area (Å²) in [6.07, 6.45) is 2.31. The van der Waals surface area contributed by atoms with Crippen molar-refractivity contribution in [2.75, 3.05) is 12.3 Å².